The Morgan fingerprint density at radius 1 is 0.647 bits per heavy atom. The normalized spacial score (nSPS) is 15.1. The minimum absolute atomic E-state index is 0.0178. The molecule has 0 radical (unpaired) electrons. The van der Waals surface area contributed by atoms with Gasteiger partial charge in [0.05, 0.1) is 12.6 Å². The molecule has 0 fully saturated rings. The highest BCUT2D eigenvalue weighted by Crippen LogP contribution is 2.15. The van der Waals surface area contributed by atoms with Crippen molar-refractivity contribution in [2.24, 2.45) is 11.7 Å². The van der Waals surface area contributed by atoms with Crippen molar-refractivity contribution in [3.63, 3.8) is 0 Å². The molecule has 0 bridgehead atoms. The number of rotatable bonds is 20. The fraction of sp³-hybridized carbons (Fsp3) is 0.455. The van der Waals surface area contributed by atoms with Crippen molar-refractivity contribution in [2.75, 3.05) is 18.1 Å². The van der Waals surface area contributed by atoms with Crippen LogP contribution in [0.4, 0.5) is 0 Å². The molecule has 51 heavy (non-hydrogen) atoms. The van der Waals surface area contributed by atoms with Crippen molar-refractivity contribution in [1.82, 2.24) is 26.6 Å². The molecule has 0 spiro atoms. The Kier molecular flexibility index (Phi) is 17.5. The number of hydrogen-bond donors (Lipinski definition) is 12. The maximum Gasteiger partial charge on any atom is 0.327 e. The van der Waals surface area contributed by atoms with E-state index in [4.69, 9.17) is 5.73 Å². The molecule has 0 aliphatic rings. The van der Waals surface area contributed by atoms with Crippen LogP contribution in [0.5, 0.6) is 11.5 Å². The number of carbonyl (C=O) groups is 6. The van der Waals surface area contributed by atoms with Crippen LogP contribution in [0.1, 0.15) is 31.4 Å². The Morgan fingerprint density at radius 3 is 1.45 bits per heavy atom. The second kappa shape index (κ2) is 21.0. The van der Waals surface area contributed by atoms with Gasteiger partial charge in [0.1, 0.15) is 41.7 Å². The summed E-state index contributed by atoms with van der Waals surface area (Å²) in [6, 6.07) is 3.54. The van der Waals surface area contributed by atoms with Gasteiger partial charge in [0.25, 0.3) is 0 Å². The molecule has 280 valence electrons. The summed E-state index contributed by atoms with van der Waals surface area (Å²) in [4.78, 5) is 78.0. The average Bonchev–Trinajstić information content (AvgIpc) is 3.11. The monoisotopic (exact) mass is 750 g/mol. The first kappa shape index (κ1) is 42.6. The number of phenolic OH excluding ortho intramolecular Hbond substituents is 2. The second-order valence-corrected chi connectivity index (χ2v) is 12.6. The van der Waals surface area contributed by atoms with Crippen LogP contribution in [-0.4, -0.2) is 110 Å². The van der Waals surface area contributed by atoms with Gasteiger partial charge in [-0.05, 0) is 41.3 Å². The van der Waals surface area contributed by atoms with Crippen molar-refractivity contribution in [3.05, 3.63) is 59.7 Å². The fourth-order valence-corrected chi connectivity index (χ4v) is 5.07. The third-order valence-electron chi connectivity index (χ3n) is 7.96. The van der Waals surface area contributed by atoms with Crippen LogP contribution < -0.4 is 32.3 Å². The highest BCUT2D eigenvalue weighted by atomic mass is 32.1. The number of benzene rings is 2. The first-order chi connectivity index (χ1) is 24.1. The van der Waals surface area contributed by atoms with Crippen LogP contribution in [0.15, 0.2) is 48.5 Å². The van der Waals surface area contributed by atoms with E-state index in [1.807, 2.05) is 0 Å². The van der Waals surface area contributed by atoms with Crippen LogP contribution in [-0.2, 0) is 41.6 Å². The summed E-state index contributed by atoms with van der Waals surface area (Å²) in [6.45, 7) is 2.58. The Balaban J connectivity index is 2.35. The summed E-state index contributed by atoms with van der Waals surface area (Å²) in [5.41, 5.74) is 6.76. The van der Waals surface area contributed by atoms with E-state index in [1.54, 1.807) is 13.8 Å². The number of aliphatic hydroxyl groups is 1. The molecule has 0 aliphatic heterocycles. The Labute approximate surface area is 306 Å². The average molecular weight is 751 g/mol. The number of carbonyl (C=O) groups excluding carboxylic acids is 5. The van der Waals surface area contributed by atoms with Gasteiger partial charge in [-0.15, -0.1) is 0 Å². The van der Waals surface area contributed by atoms with Gasteiger partial charge in [0.15, 0.2) is 0 Å². The lowest BCUT2D eigenvalue weighted by Crippen LogP contribution is -2.61. The van der Waals surface area contributed by atoms with Gasteiger partial charge in [-0.2, -0.15) is 25.3 Å². The molecule has 5 amide bonds. The minimum atomic E-state index is -1.65. The number of phenols is 2. The quantitative estimate of drug-likeness (QED) is 0.0702. The molecule has 2 aromatic rings. The number of aliphatic carboxylic acids is 1. The molecular formula is C33H46N6O10S2. The van der Waals surface area contributed by atoms with Gasteiger partial charge < -0.3 is 52.7 Å². The number of amides is 5. The summed E-state index contributed by atoms with van der Waals surface area (Å²) < 4.78 is 0. The Hall–Kier alpha value is -4.52. The van der Waals surface area contributed by atoms with Crippen LogP contribution in [0.25, 0.3) is 0 Å². The summed E-state index contributed by atoms with van der Waals surface area (Å²) in [5.74, 6) is -6.27. The Bertz CT molecular complexity index is 1500. The summed E-state index contributed by atoms with van der Waals surface area (Å²) in [5, 5.41) is 51.2. The van der Waals surface area contributed by atoms with Gasteiger partial charge in [0, 0.05) is 24.3 Å². The Morgan fingerprint density at radius 2 is 1.06 bits per heavy atom. The first-order valence-electron chi connectivity index (χ1n) is 16.0. The highest BCUT2D eigenvalue weighted by molar-refractivity contribution is 7.80. The number of hydrogen-bond acceptors (Lipinski definition) is 12. The number of carboxylic acid groups (broad SMARTS) is 1. The molecule has 0 saturated carbocycles. The zero-order chi connectivity index (χ0) is 38.2. The van der Waals surface area contributed by atoms with Crippen LogP contribution >= 0.6 is 25.3 Å². The molecular weight excluding hydrogens is 705 g/mol. The van der Waals surface area contributed by atoms with Crippen molar-refractivity contribution < 1.29 is 49.2 Å². The molecule has 0 saturated heterocycles. The second-order valence-electron chi connectivity index (χ2n) is 11.9. The topological polar surface area (TPSA) is 270 Å². The summed E-state index contributed by atoms with van der Waals surface area (Å²) >= 11 is 7.97. The molecule has 0 aromatic heterocycles. The molecule has 18 heteroatoms. The van der Waals surface area contributed by atoms with E-state index in [0.717, 1.165) is 0 Å². The predicted octanol–water partition coefficient (Wildman–Crippen LogP) is -1.38. The van der Waals surface area contributed by atoms with E-state index in [0.29, 0.717) is 17.5 Å². The zero-order valence-corrected chi connectivity index (χ0v) is 29.9. The molecule has 0 heterocycles. The lowest BCUT2D eigenvalue weighted by molar-refractivity contribution is -0.141. The predicted molar refractivity (Wildman–Crippen MR) is 193 cm³/mol. The summed E-state index contributed by atoms with van der Waals surface area (Å²) in [7, 11) is 0. The van der Waals surface area contributed by atoms with Crippen molar-refractivity contribution in [1.29, 1.82) is 0 Å². The highest BCUT2D eigenvalue weighted by Gasteiger charge is 2.34. The minimum Gasteiger partial charge on any atom is -0.508 e. The number of carboxylic acids is 1. The number of thiol groups is 2. The molecule has 7 unspecified atom stereocenters. The maximum absolute atomic E-state index is 13.7. The maximum atomic E-state index is 13.7. The van der Waals surface area contributed by atoms with E-state index in [-0.39, 0.29) is 35.8 Å². The van der Waals surface area contributed by atoms with Crippen LogP contribution in [0.3, 0.4) is 0 Å². The number of aliphatic hydroxyl groups excluding tert-OH is 1. The first-order valence-corrected chi connectivity index (χ1v) is 17.3. The molecule has 0 aliphatic carbocycles. The molecule has 2 aromatic carbocycles. The standard InChI is InChI=1S/C33H46N6O10S2/c1-3-17(2)27(39-28(43)22(34)15-50)32(47)36-24(13-19-6-10-21(42)11-7-19)29(44)37-25(14-40)31(46)35-23(12-18-4-8-20(41)9-5-18)30(45)38-26(16-51)33(48)49/h4-11,17,22-27,40-42,50-51H,3,12-16,34H2,1-2H3,(H,35,46)(H,36,47)(H,37,44)(H,38,45)(H,39,43)(H,48,49). The smallest absolute Gasteiger partial charge is 0.327 e. The van der Waals surface area contributed by atoms with E-state index in [9.17, 15) is 49.2 Å². The lowest BCUT2D eigenvalue weighted by atomic mass is 9.96. The number of nitrogens with one attached hydrogen (secondary N) is 5. The van der Waals surface area contributed by atoms with Gasteiger partial charge >= 0.3 is 5.97 Å². The molecule has 16 nitrogen and oxygen atoms in total. The summed E-state index contributed by atoms with van der Waals surface area (Å²) in [6.07, 6.45) is 0.166. The SMILES string of the molecule is CCC(C)C(NC(=O)C(N)CS)C(=O)NC(Cc1ccc(O)cc1)C(=O)NC(CO)C(=O)NC(Cc1ccc(O)cc1)C(=O)NC(CS)C(=O)O. The third-order valence-corrected chi connectivity index (χ3v) is 8.72. The van der Waals surface area contributed by atoms with Crippen molar-refractivity contribution >= 4 is 60.8 Å². The number of nitrogens with two attached hydrogens (primary N) is 1. The molecule has 7 atom stereocenters. The van der Waals surface area contributed by atoms with Gasteiger partial charge in [0.2, 0.25) is 29.5 Å². The third kappa shape index (κ3) is 13.6. The molecule has 11 N–H and O–H groups in total. The fourth-order valence-electron chi connectivity index (χ4n) is 4.66. The van der Waals surface area contributed by atoms with Crippen molar-refractivity contribution in [2.45, 2.75) is 69.4 Å². The zero-order valence-electron chi connectivity index (χ0n) is 28.1. The van der Waals surface area contributed by atoms with Gasteiger partial charge in [-0.3, -0.25) is 24.0 Å². The molecule has 2 rings (SSSR count). The van der Waals surface area contributed by atoms with E-state index in [2.05, 4.69) is 51.8 Å². The van der Waals surface area contributed by atoms with Gasteiger partial charge in [-0.1, -0.05) is 44.5 Å². The van der Waals surface area contributed by atoms with Crippen molar-refractivity contribution in [3.8, 4) is 11.5 Å². The largest absolute Gasteiger partial charge is 0.508 e. The van der Waals surface area contributed by atoms with Crippen LogP contribution in [0.2, 0.25) is 0 Å². The lowest BCUT2D eigenvalue weighted by Gasteiger charge is -2.28. The van der Waals surface area contributed by atoms with Gasteiger partial charge in [-0.25, -0.2) is 4.79 Å². The van der Waals surface area contributed by atoms with E-state index >= 15 is 0 Å². The number of aromatic hydroxyl groups is 2. The van der Waals surface area contributed by atoms with Crippen LogP contribution in [0, 0.1) is 5.92 Å². The van der Waals surface area contributed by atoms with E-state index < -0.39 is 84.3 Å². The van der Waals surface area contributed by atoms with E-state index in [1.165, 1.54) is 48.5 Å².